The van der Waals surface area contributed by atoms with Crippen molar-refractivity contribution < 1.29 is 5.11 Å². The van der Waals surface area contributed by atoms with E-state index in [1.165, 1.54) is 29.9 Å². The van der Waals surface area contributed by atoms with Gasteiger partial charge in [-0.05, 0) is 42.8 Å². The van der Waals surface area contributed by atoms with E-state index in [9.17, 15) is 0 Å². The largest absolute Gasteiger partial charge is 0.396 e. The number of rotatable bonds is 4. The summed E-state index contributed by atoms with van der Waals surface area (Å²) in [5.41, 5.74) is 1.25. The Labute approximate surface area is 94.9 Å². The van der Waals surface area contributed by atoms with Gasteiger partial charge in [0.05, 0.1) is 12.2 Å². The normalized spacial score (nSPS) is 18.2. The average molecular weight is 226 g/mol. The zero-order valence-electron chi connectivity index (χ0n) is 8.93. The monoisotopic (exact) mass is 226 g/mol. The Bertz CT molecular complexity index is 295. The van der Waals surface area contributed by atoms with Crippen LogP contribution >= 0.6 is 11.8 Å². The van der Waals surface area contributed by atoms with Gasteiger partial charge < -0.3 is 5.11 Å². The summed E-state index contributed by atoms with van der Waals surface area (Å²) in [5, 5.41) is 13.2. The lowest BCUT2D eigenvalue weighted by atomic mass is 10.1. The number of aliphatic hydroxyl groups is 1. The van der Waals surface area contributed by atoms with E-state index >= 15 is 0 Å². The Kier molecular flexibility index (Phi) is 4.09. The van der Waals surface area contributed by atoms with E-state index in [1.807, 2.05) is 18.0 Å². The van der Waals surface area contributed by atoms with Crippen LogP contribution in [0.5, 0.6) is 0 Å². The highest BCUT2D eigenvalue weighted by atomic mass is 32.2. The predicted molar refractivity (Wildman–Crippen MR) is 63.2 cm³/mol. The first-order chi connectivity index (χ1) is 7.40. The minimum Gasteiger partial charge on any atom is -0.396 e. The van der Waals surface area contributed by atoms with Gasteiger partial charge in [0, 0.05) is 12.8 Å². The minimum absolute atomic E-state index is 0.269. The highest BCUT2D eigenvalue weighted by Gasteiger charge is 2.15. The SMILES string of the molecule is OCCCc1cnn(C2CCSCC2)c1. The second kappa shape index (κ2) is 5.56. The van der Waals surface area contributed by atoms with Crippen molar-refractivity contribution in [2.45, 2.75) is 31.7 Å². The van der Waals surface area contributed by atoms with Crippen LogP contribution in [0.1, 0.15) is 30.9 Å². The molecule has 1 aromatic heterocycles. The fraction of sp³-hybridized carbons (Fsp3) is 0.727. The zero-order valence-corrected chi connectivity index (χ0v) is 9.75. The van der Waals surface area contributed by atoms with Crippen LogP contribution in [0, 0.1) is 0 Å². The molecule has 0 spiro atoms. The van der Waals surface area contributed by atoms with Crippen LogP contribution in [-0.4, -0.2) is 33.0 Å². The summed E-state index contributed by atoms with van der Waals surface area (Å²) in [6, 6.07) is 0.606. The van der Waals surface area contributed by atoms with E-state index in [2.05, 4.69) is 16.0 Å². The number of hydrogen-bond donors (Lipinski definition) is 1. The molecule has 0 radical (unpaired) electrons. The van der Waals surface area contributed by atoms with Gasteiger partial charge >= 0.3 is 0 Å². The van der Waals surface area contributed by atoms with Gasteiger partial charge in [0.1, 0.15) is 0 Å². The molecule has 0 atom stereocenters. The van der Waals surface area contributed by atoms with Crippen molar-refractivity contribution in [3.63, 3.8) is 0 Å². The second-order valence-electron chi connectivity index (χ2n) is 4.00. The van der Waals surface area contributed by atoms with Crippen LogP contribution in [-0.2, 0) is 6.42 Å². The van der Waals surface area contributed by atoms with E-state index in [4.69, 9.17) is 5.11 Å². The molecule has 1 aromatic rings. The fourth-order valence-electron chi connectivity index (χ4n) is 1.94. The quantitative estimate of drug-likeness (QED) is 0.852. The zero-order chi connectivity index (χ0) is 10.5. The van der Waals surface area contributed by atoms with Crippen LogP contribution in [0.25, 0.3) is 0 Å². The maximum Gasteiger partial charge on any atom is 0.0535 e. The molecule has 0 aromatic carbocycles. The summed E-state index contributed by atoms with van der Waals surface area (Å²) < 4.78 is 2.12. The maximum atomic E-state index is 8.75. The van der Waals surface area contributed by atoms with Gasteiger partial charge in [-0.2, -0.15) is 16.9 Å². The van der Waals surface area contributed by atoms with Crippen molar-refractivity contribution in [1.82, 2.24) is 9.78 Å². The van der Waals surface area contributed by atoms with E-state index in [1.54, 1.807) is 0 Å². The van der Waals surface area contributed by atoms with Gasteiger partial charge in [0.2, 0.25) is 0 Å². The van der Waals surface area contributed by atoms with E-state index in [-0.39, 0.29) is 6.61 Å². The molecule has 2 heterocycles. The Morgan fingerprint density at radius 1 is 1.47 bits per heavy atom. The Morgan fingerprint density at radius 3 is 3.00 bits per heavy atom. The third-order valence-corrected chi connectivity index (χ3v) is 3.89. The van der Waals surface area contributed by atoms with Gasteiger partial charge in [-0.1, -0.05) is 0 Å². The summed E-state index contributed by atoms with van der Waals surface area (Å²) in [7, 11) is 0. The lowest BCUT2D eigenvalue weighted by Crippen LogP contribution is -2.15. The van der Waals surface area contributed by atoms with Crippen LogP contribution in [0.15, 0.2) is 12.4 Å². The van der Waals surface area contributed by atoms with Crippen molar-refractivity contribution in [1.29, 1.82) is 0 Å². The van der Waals surface area contributed by atoms with Crippen molar-refractivity contribution in [3.05, 3.63) is 18.0 Å². The summed E-state index contributed by atoms with van der Waals surface area (Å²) in [6.07, 6.45) is 8.36. The number of aromatic nitrogens is 2. The number of aryl methyl sites for hydroxylation is 1. The molecule has 1 fully saturated rings. The molecule has 1 aliphatic rings. The lowest BCUT2D eigenvalue weighted by Gasteiger charge is -2.21. The molecule has 1 aliphatic heterocycles. The van der Waals surface area contributed by atoms with Gasteiger partial charge in [-0.3, -0.25) is 4.68 Å². The highest BCUT2D eigenvalue weighted by Crippen LogP contribution is 2.26. The van der Waals surface area contributed by atoms with E-state index in [0.717, 1.165) is 12.8 Å². The highest BCUT2D eigenvalue weighted by molar-refractivity contribution is 7.99. The summed E-state index contributed by atoms with van der Waals surface area (Å²) in [5.74, 6) is 2.52. The van der Waals surface area contributed by atoms with Crippen LogP contribution in [0.4, 0.5) is 0 Å². The Balaban J connectivity index is 1.93. The topological polar surface area (TPSA) is 38.1 Å². The Hall–Kier alpha value is -0.480. The number of hydrogen-bond acceptors (Lipinski definition) is 3. The van der Waals surface area contributed by atoms with Crippen molar-refractivity contribution in [2.24, 2.45) is 0 Å². The van der Waals surface area contributed by atoms with Crippen LogP contribution in [0.3, 0.4) is 0 Å². The number of nitrogens with zero attached hydrogens (tertiary/aromatic N) is 2. The summed E-state index contributed by atoms with van der Waals surface area (Å²) >= 11 is 2.04. The van der Waals surface area contributed by atoms with Gasteiger partial charge in [0.15, 0.2) is 0 Å². The van der Waals surface area contributed by atoms with Crippen molar-refractivity contribution >= 4 is 11.8 Å². The number of aliphatic hydroxyl groups excluding tert-OH is 1. The molecule has 1 N–H and O–H groups in total. The van der Waals surface area contributed by atoms with Crippen molar-refractivity contribution in [3.8, 4) is 0 Å². The maximum absolute atomic E-state index is 8.75. The molecule has 84 valence electrons. The van der Waals surface area contributed by atoms with Crippen LogP contribution in [0.2, 0.25) is 0 Å². The smallest absolute Gasteiger partial charge is 0.0535 e. The second-order valence-corrected chi connectivity index (χ2v) is 5.22. The van der Waals surface area contributed by atoms with E-state index < -0.39 is 0 Å². The Morgan fingerprint density at radius 2 is 2.27 bits per heavy atom. The minimum atomic E-state index is 0.269. The number of thioether (sulfide) groups is 1. The van der Waals surface area contributed by atoms with E-state index in [0.29, 0.717) is 6.04 Å². The molecule has 0 saturated carbocycles. The molecular weight excluding hydrogens is 208 g/mol. The fourth-order valence-corrected chi connectivity index (χ4v) is 3.02. The van der Waals surface area contributed by atoms with Gasteiger partial charge in [0.25, 0.3) is 0 Å². The third-order valence-electron chi connectivity index (χ3n) is 2.84. The molecule has 0 bridgehead atoms. The summed E-state index contributed by atoms with van der Waals surface area (Å²) in [4.78, 5) is 0. The first kappa shape index (κ1) is 11.0. The van der Waals surface area contributed by atoms with Gasteiger partial charge in [-0.15, -0.1) is 0 Å². The molecule has 0 aliphatic carbocycles. The lowest BCUT2D eigenvalue weighted by molar-refractivity contribution is 0.288. The summed E-state index contributed by atoms with van der Waals surface area (Å²) in [6.45, 7) is 0.269. The predicted octanol–water partition coefficient (Wildman–Crippen LogP) is 1.88. The molecule has 3 nitrogen and oxygen atoms in total. The third kappa shape index (κ3) is 2.98. The first-order valence-corrected chi connectivity index (χ1v) is 6.77. The standard InChI is InChI=1S/C11H18N2OS/c14-5-1-2-10-8-12-13(9-10)11-3-6-15-7-4-11/h8-9,11,14H,1-7H2. The molecular formula is C11H18N2OS. The molecule has 0 unspecified atom stereocenters. The molecule has 4 heteroatoms. The molecule has 15 heavy (non-hydrogen) atoms. The molecule has 0 amide bonds. The first-order valence-electron chi connectivity index (χ1n) is 5.62. The average Bonchev–Trinajstić information content (AvgIpc) is 2.76. The van der Waals surface area contributed by atoms with Crippen molar-refractivity contribution in [2.75, 3.05) is 18.1 Å². The molecule has 2 rings (SSSR count). The molecule has 1 saturated heterocycles. The van der Waals surface area contributed by atoms with Crippen LogP contribution < -0.4 is 0 Å². The van der Waals surface area contributed by atoms with Gasteiger partial charge in [-0.25, -0.2) is 0 Å².